The molecule has 1 aliphatic heterocycles. The van der Waals surface area contributed by atoms with Gasteiger partial charge in [-0.1, -0.05) is 42.1 Å². The molecule has 0 saturated carbocycles. The third kappa shape index (κ3) is 3.74. The van der Waals surface area contributed by atoms with Crippen molar-refractivity contribution >= 4 is 22.7 Å². The summed E-state index contributed by atoms with van der Waals surface area (Å²) in [7, 11) is 1.71. The van der Waals surface area contributed by atoms with Crippen LogP contribution in [0.3, 0.4) is 0 Å². The molecule has 3 aromatic rings. The summed E-state index contributed by atoms with van der Waals surface area (Å²) in [5.74, 6) is 0.900. The standard InChI is InChI=1S/C21H23N3OS/c1-25-18-7-8-20-19(13-18)17(15-22-20)9-10-24-11-12-26-21(24)23-14-16-5-3-2-4-6-16/h2-8,11-13,15,21-23H,9-10,14H2,1H3. The van der Waals surface area contributed by atoms with Crippen LogP contribution >= 0.6 is 11.8 Å². The van der Waals surface area contributed by atoms with Crippen LogP contribution < -0.4 is 10.1 Å². The van der Waals surface area contributed by atoms with E-state index < -0.39 is 0 Å². The van der Waals surface area contributed by atoms with E-state index in [1.165, 1.54) is 16.5 Å². The van der Waals surface area contributed by atoms with Crippen molar-refractivity contribution in [3.8, 4) is 5.75 Å². The zero-order chi connectivity index (χ0) is 17.8. The number of fused-ring (bicyclic) bond motifs is 1. The van der Waals surface area contributed by atoms with E-state index in [1.54, 1.807) is 7.11 Å². The molecule has 2 aromatic carbocycles. The van der Waals surface area contributed by atoms with E-state index in [1.807, 2.05) is 17.8 Å². The Morgan fingerprint density at radius 1 is 1.19 bits per heavy atom. The first-order valence-corrected chi connectivity index (χ1v) is 9.77. The molecule has 1 unspecified atom stereocenters. The zero-order valence-electron chi connectivity index (χ0n) is 14.8. The number of H-pyrrole nitrogens is 1. The Kier molecular flexibility index (Phi) is 5.18. The number of benzene rings is 2. The molecule has 5 heteroatoms. The molecule has 0 spiro atoms. The number of thioether (sulfide) groups is 1. The van der Waals surface area contributed by atoms with Gasteiger partial charge in [0.15, 0.2) is 0 Å². The molecule has 4 rings (SSSR count). The number of aromatic nitrogens is 1. The Morgan fingerprint density at radius 3 is 2.92 bits per heavy atom. The van der Waals surface area contributed by atoms with Crippen molar-refractivity contribution in [1.82, 2.24) is 15.2 Å². The van der Waals surface area contributed by atoms with E-state index in [9.17, 15) is 0 Å². The molecule has 4 nitrogen and oxygen atoms in total. The van der Waals surface area contributed by atoms with Crippen molar-refractivity contribution in [2.45, 2.75) is 18.5 Å². The first-order chi connectivity index (χ1) is 12.8. The van der Waals surface area contributed by atoms with Gasteiger partial charge in [-0.3, -0.25) is 5.32 Å². The summed E-state index contributed by atoms with van der Waals surface area (Å²) < 4.78 is 5.37. The monoisotopic (exact) mass is 365 g/mol. The van der Waals surface area contributed by atoms with Gasteiger partial charge < -0.3 is 14.6 Å². The SMILES string of the molecule is COc1ccc2[nH]cc(CCN3C=CSC3NCc3ccccc3)c2c1. The third-order valence-corrected chi connectivity index (χ3v) is 5.67. The molecule has 1 aromatic heterocycles. The van der Waals surface area contributed by atoms with E-state index in [-0.39, 0.29) is 5.50 Å². The summed E-state index contributed by atoms with van der Waals surface area (Å²) >= 11 is 1.82. The zero-order valence-corrected chi connectivity index (χ0v) is 15.6. The van der Waals surface area contributed by atoms with Crippen LogP contribution in [0, 0.1) is 0 Å². The summed E-state index contributed by atoms with van der Waals surface area (Å²) in [6.07, 6.45) is 5.29. The first kappa shape index (κ1) is 17.1. The van der Waals surface area contributed by atoms with Gasteiger partial charge in [-0.05, 0) is 41.2 Å². The molecule has 0 aliphatic carbocycles. The van der Waals surface area contributed by atoms with Crippen molar-refractivity contribution in [2.75, 3.05) is 13.7 Å². The molecule has 0 fully saturated rings. The quantitative estimate of drug-likeness (QED) is 0.654. The number of hydrogen-bond acceptors (Lipinski definition) is 4. The average molecular weight is 366 g/mol. The number of ether oxygens (including phenoxy) is 1. The molecule has 26 heavy (non-hydrogen) atoms. The van der Waals surface area contributed by atoms with Gasteiger partial charge in [0, 0.05) is 36.4 Å². The Labute approximate surface area is 158 Å². The fraction of sp³-hybridized carbons (Fsp3) is 0.238. The lowest BCUT2D eigenvalue weighted by Gasteiger charge is -2.25. The van der Waals surface area contributed by atoms with Crippen molar-refractivity contribution < 1.29 is 4.74 Å². The molecular weight excluding hydrogens is 342 g/mol. The number of methoxy groups -OCH3 is 1. The number of rotatable bonds is 7. The van der Waals surface area contributed by atoms with Crippen LogP contribution in [0.4, 0.5) is 0 Å². The lowest BCUT2D eigenvalue weighted by Crippen LogP contribution is -2.38. The van der Waals surface area contributed by atoms with Gasteiger partial charge in [0.05, 0.1) is 7.11 Å². The smallest absolute Gasteiger partial charge is 0.132 e. The van der Waals surface area contributed by atoms with Gasteiger partial charge in [0.1, 0.15) is 11.2 Å². The van der Waals surface area contributed by atoms with Crippen molar-refractivity contribution in [1.29, 1.82) is 0 Å². The maximum Gasteiger partial charge on any atom is 0.132 e. The molecule has 0 radical (unpaired) electrons. The molecule has 0 amide bonds. The van der Waals surface area contributed by atoms with E-state index in [2.05, 4.69) is 75.5 Å². The van der Waals surface area contributed by atoms with Crippen LogP contribution in [0.1, 0.15) is 11.1 Å². The first-order valence-electron chi connectivity index (χ1n) is 8.83. The normalized spacial score (nSPS) is 16.5. The lowest BCUT2D eigenvalue weighted by molar-refractivity contribution is 0.322. The van der Waals surface area contributed by atoms with Gasteiger partial charge in [0.2, 0.25) is 0 Å². The highest BCUT2D eigenvalue weighted by Crippen LogP contribution is 2.26. The van der Waals surface area contributed by atoms with Crippen molar-refractivity contribution in [2.24, 2.45) is 0 Å². The lowest BCUT2D eigenvalue weighted by atomic mass is 10.1. The van der Waals surface area contributed by atoms with E-state index >= 15 is 0 Å². The average Bonchev–Trinajstić information content (AvgIpc) is 3.31. The maximum absolute atomic E-state index is 5.37. The fourth-order valence-electron chi connectivity index (χ4n) is 3.24. The van der Waals surface area contributed by atoms with Gasteiger partial charge in [-0.15, -0.1) is 0 Å². The summed E-state index contributed by atoms with van der Waals surface area (Å²) in [6.45, 7) is 1.85. The Hall–Kier alpha value is -2.37. The van der Waals surface area contributed by atoms with Crippen LogP contribution in [0.15, 0.2) is 66.3 Å². The molecule has 1 atom stereocenters. The molecule has 134 valence electrons. The summed E-state index contributed by atoms with van der Waals surface area (Å²) in [5.41, 5.74) is 4.08. The number of aromatic amines is 1. The van der Waals surface area contributed by atoms with Gasteiger partial charge in [-0.25, -0.2) is 0 Å². The molecule has 2 heterocycles. The van der Waals surface area contributed by atoms with E-state index in [4.69, 9.17) is 4.74 Å². The Bertz CT molecular complexity index is 891. The molecular formula is C21H23N3OS. The number of hydrogen-bond donors (Lipinski definition) is 2. The second kappa shape index (κ2) is 7.89. The van der Waals surface area contributed by atoms with Crippen molar-refractivity contribution in [3.05, 3.63) is 77.5 Å². The molecule has 0 saturated heterocycles. The minimum atomic E-state index is 0.287. The minimum Gasteiger partial charge on any atom is -0.497 e. The highest BCUT2D eigenvalue weighted by Gasteiger charge is 2.19. The van der Waals surface area contributed by atoms with E-state index in [0.717, 1.165) is 30.8 Å². The van der Waals surface area contributed by atoms with Crippen LogP contribution in [0.2, 0.25) is 0 Å². The number of nitrogens with zero attached hydrogens (tertiary/aromatic N) is 1. The van der Waals surface area contributed by atoms with Crippen molar-refractivity contribution in [3.63, 3.8) is 0 Å². The van der Waals surface area contributed by atoms with Gasteiger partial charge in [-0.2, -0.15) is 0 Å². The maximum atomic E-state index is 5.37. The highest BCUT2D eigenvalue weighted by atomic mass is 32.2. The third-order valence-electron chi connectivity index (χ3n) is 4.70. The number of nitrogens with one attached hydrogen (secondary N) is 2. The van der Waals surface area contributed by atoms with Crippen LogP contribution in [0.5, 0.6) is 5.75 Å². The summed E-state index contributed by atoms with van der Waals surface area (Å²) in [6, 6.07) is 16.7. The van der Waals surface area contributed by atoms with Gasteiger partial charge in [0.25, 0.3) is 0 Å². The predicted molar refractivity (Wildman–Crippen MR) is 109 cm³/mol. The largest absolute Gasteiger partial charge is 0.497 e. The molecule has 0 bridgehead atoms. The fourth-order valence-corrected chi connectivity index (χ4v) is 4.13. The summed E-state index contributed by atoms with van der Waals surface area (Å²) in [5, 5.41) is 7.04. The Morgan fingerprint density at radius 2 is 2.08 bits per heavy atom. The minimum absolute atomic E-state index is 0.287. The topological polar surface area (TPSA) is 40.3 Å². The second-order valence-corrected chi connectivity index (χ2v) is 7.34. The highest BCUT2D eigenvalue weighted by molar-refractivity contribution is 8.02. The van der Waals surface area contributed by atoms with Crippen LogP contribution in [0.25, 0.3) is 10.9 Å². The van der Waals surface area contributed by atoms with E-state index in [0.29, 0.717) is 0 Å². The van der Waals surface area contributed by atoms with Crippen LogP contribution in [-0.2, 0) is 13.0 Å². The molecule has 2 N–H and O–H groups in total. The predicted octanol–water partition coefficient (Wildman–Crippen LogP) is 4.31. The van der Waals surface area contributed by atoms with Gasteiger partial charge >= 0.3 is 0 Å². The second-order valence-electron chi connectivity index (χ2n) is 6.35. The van der Waals surface area contributed by atoms with Crippen LogP contribution in [-0.4, -0.2) is 29.0 Å². The molecule has 1 aliphatic rings. The Balaban J connectivity index is 1.38. The summed E-state index contributed by atoms with van der Waals surface area (Å²) in [4.78, 5) is 5.73.